The van der Waals surface area contributed by atoms with Crippen molar-refractivity contribution in [2.45, 2.75) is 75.6 Å². The van der Waals surface area contributed by atoms with Crippen molar-refractivity contribution in [3.63, 3.8) is 0 Å². The molecule has 0 spiro atoms. The molecule has 0 saturated heterocycles. The minimum Gasteiger partial charge on any atom is -0.225 e. The maximum atomic E-state index is 13.3. The molecule has 0 fully saturated rings. The molecule has 0 unspecified atom stereocenters. The maximum Gasteiger partial charge on any atom is 0.241 e. The minimum atomic E-state index is -3.79. The first-order valence-electron chi connectivity index (χ1n) is 10.0. The topological polar surface area (TPSA) is 106 Å². The predicted molar refractivity (Wildman–Crippen MR) is 121 cm³/mol. The second-order valence-electron chi connectivity index (χ2n) is 8.51. The standard InChI is InChI=1S/C22H32N2O4S2/c1-14(2)18-11-20(15(3)4)22(21(12-18)16(5)6)30(27,28)24-13-17-7-9-19(10-8-17)29(23,25)26/h7-12,14-16,24H,13H2,1-6H3,(H2,23,25,26). The predicted octanol–water partition coefficient (Wildman–Crippen LogP) is 4.18. The molecule has 0 radical (unpaired) electrons. The third-order valence-electron chi connectivity index (χ3n) is 5.07. The summed E-state index contributed by atoms with van der Waals surface area (Å²) in [5.41, 5.74) is 3.38. The Hall–Kier alpha value is -1.74. The molecule has 0 aromatic heterocycles. The van der Waals surface area contributed by atoms with Gasteiger partial charge in [-0.15, -0.1) is 0 Å². The third kappa shape index (κ3) is 5.69. The van der Waals surface area contributed by atoms with Gasteiger partial charge in [-0.1, -0.05) is 65.8 Å². The van der Waals surface area contributed by atoms with Crippen molar-refractivity contribution in [2.24, 2.45) is 5.14 Å². The number of primary sulfonamides is 1. The molecule has 3 N–H and O–H groups in total. The second kappa shape index (κ2) is 9.18. The fourth-order valence-electron chi connectivity index (χ4n) is 3.25. The fraction of sp³-hybridized carbons (Fsp3) is 0.455. The van der Waals surface area contributed by atoms with Gasteiger partial charge in [0, 0.05) is 6.54 Å². The quantitative estimate of drug-likeness (QED) is 0.626. The minimum absolute atomic E-state index is 0.0115. The Morgan fingerprint density at radius 2 is 1.27 bits per heavy atom. The van der Waals surface area contributed by atoms with Crippen LogP contribution in [-0.2, 0) is 26.6 Å². The van der Waals surface area contributed by atoms with Gasteiger partial charge in [-0.05, 0) is 52.1 Å². The van der Waals surface area contributed by atoms with Crippen molar-refractivity contribution in [1.82, 2.24) is 4.72 Å². The van der Waals surface area contributed by atoms with Gasteiger partial charge in [0.15, 0.2) is 0 Å². The van der Waals surface area contributed by atoms with E-state index >= 15 is 0 Å². The first-order valence-corrected chi connectivity index (χ1v) is 13.1. The lowest BCUT2D eigenvalue weighted by molar-refractivity contribution is 0.575. The molecule has 2 aromatic carbocycles. The van der Waals surface area contributed by atoms with Crippen molar-refractivity contribution < 1.29 is 16.8 Å². The van der Waals surface area contributed by atoms with Crippen molar-refractivity contribution in [3.8, 4) is 0 Å². The number of nitrogens with one attached hydrogen (secondary N) is 1. The molecule has 166 valence electrons. The van der Waals surface area contributed by atoms with Crippen LogP contribution in [0.3, 0.4) is 0 Å². The van der Waals surface area contributed by atoms with E-state index in [0.717, 1.165) is 16.7 Å². The molecule has 0 bridgehead atoms. The molecule has 0 aliphatic heterocycles. The average molecular weight is 453 g/mol. The summed E-state index contributed by atoms with van der Waals surface area (Å²) in [5.74, 6) is 0.380. The van der Waals surface area contributed by atoms with Crippen molar-refractivity contribution in [1.29, 1.82) is 0 Å². The number of nitrogens with two attached hydrogens (primary N) is 1. The Kier molecular flexibility index (Phi) is 7.50. The Morgan fingerprint density at radius 1 is 0.800 bits per heavy atom. The van der Waals surface area contributed by atoms with E-state index in [2.05, 4.69) is 18.6 Å². The van der Waals surface area contributed by atoms with Gasteiger partial charge in [0.05, 0.1) is 9.79 Å². The van der Waals surface area contributed by atoms with Gasteiger partial charge in [-0.2, -0.15) is 0 Å². The smallest absolute Gasteiger partial charge is 0.225 e. The second-order valence-corrected chi connectivity index (χ2v) is 11.8. The Balaban J connectivity index is 2.45. The van der Waals surface area contributed by atoms with Crippen LogP contribution in [0.4, 0.5) is 0 Å². The van der Waals surface area contributed by atoms with Crippen LogP contribution in [0.15, 0.2) is 46.2 Å². The Labute approximate surface area is 181 Å². The van der Waals surface area contributed by atoms with E-state index in [0.29, 0.717) is 16.4 Å². The number of rotatable bonds is 8. The molecule has 8 heteroatoms. The highest BCUT2D eigenvalue weighted by Crippen LogP contribution is 2.35. The molecule has 0 amide bonds. The molecular formula is C22H32N2O4S2. The van der Waals surface area contributed by atoms with Crippen LogP contribution >= 0.6 is 0 Å². The molecule has 0 heterocycles. The lowest BCUT2D eigenvalue weighted by atomic mass is 9.89. The number of hydrogen-bond acceptors (Lipinski definition) is 4. The van der Waals surface area contributed by atoms with Gasteiger partial charge in [0.1, 0.15) is 0 Å². The van der Waals surface area contributed by atoms with Gasteiger partial charge >= 0.3 is 0 Å². The van der Waals surface area contributed by atoms with E-state index < -0.39 is 20.0 Å². The van der Waals surface area contributed by atoms with Crippen molar-refractivity contribution >= 4 is 20.0 Å². The first-order chi connectivity index (χ1) is 13.7. The molecule has 30 heavy (non-hydrogen) atoms. The summed E-state index contributed by atoms with van der Waals surface area (Å²) < 4.78 is 52.1. The summed E-state index contributed by atoms with van der Waals surface area (Å²) in [6, 6.07) is 9.84. The summed E-state index contributed by atoms with van der Waals surface area (Å²) in [5, 5.41) is 5.11. The molecule has 0 aliphatic carbocycles. The summed E-state index contributed by atoms with van der Waals surface area (Å²) >= 11 is 0. The average Bonchev–Trinajstić information content (AvgIpc) is 2.64. The molecule has 0 saturated carbocycles. The van der Waals surface area contributed by atoms with E-state index in [9.17, 15) is 16.8 Å². The van der Waals surface area contributed by atoms with Crippen molar-refractivity contribution in [3.05, 3.63) is 58.7 Å². The van der Waals surface area contributed by atoms with Crippen LogP contribution < -0.4 is 9.86 Å². The molecule has 2 rings (SSSR count). The van der Waals surface area contributed by atoms with Crippen LogP contribution in [0.5, 0.6) is 0 Å². The lowest BCUT2D eigenvalue weighted by Crippen LogP contribution is -2.26. The first kappa shape index (κ1) is 24.5. The third-order valence-corrected chi connectivity index (χ3v) is 7.53. The molecule has 0 aliphatic rings. The highest BCUT2D eigenvalue weighted by Gasteiger charge is 2.26. The Bertz CT molecular complexity index is 1070. The zero-order valence-corrected chi connectivity index (χ0v) is 20.1. The van der Waals surface area contributed by atoms with Crippen molar-refractivity contribution in [2.75, 3.05) is 0 Å². The van der Waals surface area contributed by atoms with Crippen LogP contribution in [-0.4, -0.2) is 16.8 Å². The van der Waals surface area contributed by atoms with Crippen LogP contribution in [0, 0.1) is 0 Å². The van der Waals surface area contributed by atoms with Crippen LogP contribution in [0.25, 0.3) is 0 Å². The highest BCUT2D eigenvalue weighted by atomic mass is 32.2. The molecule has 0 atom stereocenters. The summed E-state index contributed by atoms with van der Waals surface area (Å²) in [4.78, 5) is 0.334. The highest BCUT2D eigenvalue weighted by molar-refractivity contribution is 7.89. The zero-order chi connectivity index (χ0) is 22.9. The number of sulfonamides is 2. The van der Waals surface area contributed by atoms with Gasteiger partial charge in [-0.25, -0.2) is 26.7 Å². The van der Waals surface area contributed by atoms with Gasteiger partial charge in [0.2, 0.25) is 20.0 Å². The monoisotopic (exact) mass is 452 g/mol. The zero-order valence-electron chi connectivity index (χ0n) is 18.4. The summed E-state index contributed by atoms with van der Waals surface area (Å²) in [6.45, 7) is 12.2. The number of benzene rings is 2. The summed E-state index contributed by atoms with van der Waals surface area (Å²) in [6.07, 6.45) is 0. The maximum absolute atomic E-state index is 13.3. The van der Waals surface area contributed by atoms with E-state index in [1.807, 2.05) is 39.8 Å². The van der Waals surface area contributed by atoms with E-state index in [1.165, 1.54) is 12.1 Å². The van der Waals surface area contributed by atoms with Gasteiger partial charge in [-0.3, -0.25) is 0 Å². The van der Waals surface area contributed by atoms with E-state index in [-0.39, 0.29) is 23.3 Å². The molecular weight excluding hydrogens is 420 g/mol. The summed E-state index contributed by atoms with van der Waals surface area (Å²) in [7, 11) is -7.57. The fourth-order valence-corrected chi connectivity index (χ4v) is 5.47. The SMILES string of the molecule is CC(C)c1cc(C(C)C)c(S(=O)(=O)NCc2ccc(S(N)(=O)=O)cc2)c(C(C)C)c1. The number of hydrogen-bond donors (Lipinski definition) is 2. The molecule has 6 nitrogen and oxygen atoms in total. The van der Waals surface area contributed by atoms with Crippen LogP contribution in [0.1, 0.15) is 81.5 Å². The Morgan fingerprint density at radius 3 is 1.63 bits per heavy atom. The van der Waals surface area contributed by atoms with Gasteiger partial charge in [0.25, 0.3) is 0 Å². The van der Waals surface area contributed by atoms with Crippen LogP contribution in [0.2, 0.25) is 0 Å². The van der Waals surface area contributed by atoms with Gasteiger partial charge < -0.3 is 0 Å². The normalized spacial score (nSPS) is 12.9. The molecule has 2 aromatic rings. The largest absolute Gasteiger partial charge is 0.241 e. The van der Waals surface area contributed by atoms with E-state index in [1.54, 1.807) is 12.1 Å². The van der Waals surface area contributed by atoms with E-state index in [4.69, 9.17) is 5.14 Å². The lowest BCUT2D eigenvalue weighted by Gasteiger charge is -2.23.